The Morgan fingerprint density at radius 1 is 0.692 bits per heavy atom. The molecule has 12 rings (SSSR count). The van der Waals surface area contributed by atoms with E-state index >= 15 is 0 Å². The van der Waals surface area contributed by atoms with Gasteiger partial charge in [0.25, 0.3) is 0 Å². The Hall–Kier alpha value is -5.78. The third kappa shape index (κ3) is 3.71. The van der Waals surface area contributed by atoms with Gasteiger partial charge in [-0.25, -0.2) is 4.99 Å². The molecule has 4 aliphatic rings. The highest BCUT2D eigenvalue weighted by Gasteiger charge is 2.39. The molecule has 248 valence electrons. The average molecular weight is 687 g/mol. The Morgan fingerprint density at radius 2 is 1.44 bits per heavy atom. The van der Waals surface area contributed by atoms with Gasteiger partial charge in [0.1, 0.15) is 0 Å². The Labute approximate surface area is 306 Å². The largest absolute Gasteiger partial charge is 0.346 e. The van der Waals surface area contributed by atoms with Crippen LogP contribution in [0.5, 0.6) is 0 Å². The van der Waals surface area contributed by atoms with Crippen LogP contribution < -0.4 is 5.32 Å². The van der Waals surface area contributed by atoms with Crippen LogP contribution in [-0.2, 0) is 11.8 Å². The van der Waals surface area contributed by atoms with E-state index in [1.54, 1.807) is 0 Å². The van der Waals surface area contributed by atoms with Crippen LogP contribution in [0.15, 0.2) is 142 Å². The topological polar surface area (TPSA) is 34.2 Å². The second-order valence-electron chi connectivity index (χ2n) is 15.1. The molecule has 8 aromatic rings. The number of hydrogen-bond acceptors (Lipinski definition) is 3. The van der Waals surface area contributed by atoms with Crippen LogP contribution in [0, 0.1) is 0 Å². The highest BCUT2D eigenvalue weighted by atomic mass is 32.2. The summed E-state index contributed by atoms with van der Waals surface area (Å²) in [6.07, 6.45) is 6.47. The van der Waals surface area contributed by atoms with Crippen LogP contribution >= 0.6 is 11.8 Å². The molecule has 0 fully saturated rings. The molecule has 0 saturated carbocycles. The minimum Gasteiger partial charge on any atom is -0.346 e. The first kappa shape index (κ1) is 28.9. The van der Waals surface area contributed by atoms with Crippen LogP contribution in [0.2, 0.25) is 0 Å². The number of para-hydroxylation sites is 2. The fourth-order valence-electron chi connectivity index (χ4n) is 9.60. The van der Waals surface area contributed by atoms with Crippen LogP contribution in [-0.4, -0.2) is 14.8 Å². The molecule has 2 aliphatic heterocycles. The molecule has 2 aromatic heterocycles. The Kier molecular flexibility index (Phi) is 5.65. The van der Waals surface area contributed by atoms with Crippen molar-refractivity contribution < 1.29 is 0 Å². The number of aryl methyl sites for hydroxylation is 1. The van der Waals surface area contributed by atoms with Crippen molar-refractivity contribution in [1.82, 2.24) is 9.13 Å². The molecule has 1 atom stereocenters. The maximum atomic E-state index is 5.58. The van der Waals surface area contributed by atoms with Gasteiger partial charge in [-0.2, -0.15) is 0 Å². The monoisotopic (exact) mass is 686 g/mol. The summed E-state index contributed by atoms with van der Waals surface area (Å²) in [7, 11) is 0. The molecule has 4 heterocycles. The molecule has 1 unspecified atom stereocenters. The molecule has 1 N–H and O–H groups in total. The van der Waals surface area contributed by atoms with Gasteiger partial charge in [-0.3, -0.25) is 0 Å². The number of nitrogens with one attached hydrogen (secondary N) is 1. The standard InChI is InChI=1S/C47H34N4S/c1-47(2)35-25-40-33(28-15-6-9-19-38(28)50(40)27-13-4-3-5-14-27)23-31(35)32-24-34-29-16-7-10-20-39(29)51(41(34)26-36(32)47)46-48-37-18-12-22-43-44(37)45(49-46)30-17-8-11-21-42(30)52-43/h3-6,8-15,17-26,46,48H,7,16H2,1-2H3. The molecule has 4 nitrogen and oxygen atoms in total. The van der Waals surface area contributed by atoms with Crippen LogP contribution in [0.25, 0.3) is 55.6 Å². The van der Waals surface area contributed by atoms with Crippen LogP contribution in [0.4, 0.5) is 5.69 Å². The zero-order valence-electron chi connectivity index (χ0n) is 28.9. The molecule has 52 heavy (non-hydrogen) atoms. The number of anilines is 1. The quantitative estimate of drug-likeness (QED) is 0.196. The molecule has 0 bridgehead atoms. The summed E-state index contributed by atoms with van der Waals surface area (Å²) in [5, 5.41) is 7.83. The predicted octanol–water partition coefficient (Wildman–Crippen LogP) is 11.9. The van der Waals surface area contributed by atoms with Crippen molar-refractivity contribution >= 4 is 61.9 Å². The molecule has 0 radical (unpaired) electrons. The molecule has 2 aliphatic carbocycles. The van der Waals surface area contributed by atoms with Gasteiger partial charge < -0.3 is 14.5 Å². The van der Waals surface area contributed by atoms with Crippen molar-refractivity contribution in [1.29, 1.82) is 0 Å². The highest BCUT2D eigenvalue weighted by Crippen LogP contribution is 2.54. The van der Waals surface area contributed by atoms with Gasteiger partial charge in [-0.15, -0.1) is 0 Å². The number of rotatable bonds is 2. The second kappa shape index (κ2) is 10.2. The summed E-state index contributed by atoms with van der Waals surface area (Å²) >= 11 is 1.84. The van der Waals surface area contributed by atoms with E-state index in [-0.39, 0.29) is 11.7 Å². The van der Waals surface area contributed by atoms with Crippen molar-refractivity contribution in [3.8, 4) is 16.8 Å². The Bertz CT molecular complexity index is 2940. The predicted molar refractivity (Wildman–Crippen MR) is 217 cm³/mol. The van der Waals surface area contributed by atoms with Crippen LogP contribution in [0.3, 0.4) is 0 Å². The molecule has 5 heteroatoms. The average Bonchev–Trinajstić information content (AvgIpc) is 3.76. The summed E-state index contributed by atoms with van der Waals surface area (Å²) in [5.41, 5.74) is 17.6. The van der Waals surface area contributed by atoms with Crippen LogP contribution in [0.1, 0.15) is 60.1 Å². The van der Waals surface area contributed by atoms with Gasteiger partial charge in [-0.05, 0) is 107 Å². The fourth-order valence-corrected chi connectivity index (χ4v) is 10.7. The lowest BCUT2D eigenvalue weighted by molar-refractivity contribution is 0.597. The number of aliphatic imine (C=N–C) groups is 1. The molecular weight excluding hydrogens is 653 g/mol. The van der Waals surface area contributed by atoms with Crippen molar-refractivity contribution in [3.05, 3.63) is 161 Å². The fraction of sp³-hybridized carbons (Fsp3) is 0.128. The van der Waals surface area contributed by atoms with Gasteiger partial charge >= 0.3 is 0 Å². The van der Waals surface area contributed by atoms with Gasteiger partial charge in [0, 0.05) is 59.6 Å². The maximum absolute atomic E-state index is 5.58. The van der Waals surface area contributed by atoms with Gasteiger partial charge in [0.15, 0.2) is 0 Å². The van der Waals surface area contributed by atoms with Gasteiger partial charge in [0.05, 0.1) is 22.3 Å². The zero-order chi connectivity index (χ0) is 34.3. The number of benzene rings is 6. The normalized spacial score (nSPS) is 17.3. The molecule has 0 amide bonds. The first-order valence-electron chi connectivity index (χ1n) is 18.3. The summed E-state index contributed by atoms with van der Waals surface area (Å²) in [4.78, 5) is 8.11. The third-order valence-corrected chi connectivity index (χ3v) is 13.1. The minimum absolute atomic E-state index is 0.191. The molecule has 0 saturated heterocycles. The van der Waals surface area contributed by atoms with E-state index in [2.05, 4.69) is 162 Å². The second-order valence-corrected chi connectivity index (χ2v) is 16.2. The van der Waals surface area contributed by atoms with E-state index in [1.807, 2.05) is 11.8 Å². The molecule has 6 aromatic carbocycles. The van der Waals surface area contributed by atoms with E-state index < -0.39 is 0 Å². The zero-order valence-corrected chi connectivity index (χ0v) is 29.8. The smallest absolute Gasteiger partial charge is 0.201 e. The first-order valence-corrected chi connectivity index (χ1v) is 19.1. The van der Waals surface area contributed by atoms with E-state index in [0.29, 0.717) is 0 Å². The van der Waals surface area contributed by atoms with Crippen molar-refractivity contribution in [2.24, 2.45) is 4.99 Å². The lowest BCUT2D eigenvalue weighted by Crippen LogP contribution is -2.27. The van der Waals surface area contributed by atoms with Crippen molar-refractivity contribution in [2.45, 2.75) is 48.2 Å². The lowest BCUT2D eigenvalue weighted by Gasteiger charge is -2.32. The highest BCUT2D eigenvalue weighted by molar-refractivity contribution is 7.99. The number of fused-ring (bicyclic) bond motifs is 11. The number of hydrogen-bond donors (Lipinski definition) is 1. The SMILES string of the molecule is CC1(C)c2cc3c(cc2-c2cc4c5ccccc5n(-c5ccccc5)c4cc21)c1c(n3C2N=C3c4ccccc4Sc4cccc(c43)N2)C=CCC1. The Balaban J connectivity index is 1.10. The summed E-state index contributed by atoms with van der Waals surface area (Å²) in [6, 6.07) is 45.0. The van der Waals surface area contributed by atoms with E-state index in [4.69, 9.17) is 4.99 Å². The summed E-state index contributed by atoms with van der Waals surface area (Å²) in [6.45, 7) is 4.82. The maximum Gasteiger partial charge on any atom is 0.201 e. The summed E-state index contributed by atoms with van der Waals surface area (Å²) < 4.78 is 4.93. The van der Waals surface area contributed by atoms with E-state index in [9.17, 15) is 0 Å². The van der Waals surface area contributed by atoms with Crippen molar-refractivity contribution in [2.75, 3.05) is 5.32 Å². The van der Waals surface area contributed by atoms with E-state index in [0.717, 1.165) is 24.2 Å². The van der Waals surface area contributed by atoms with Crippen molar-refractivity contribution in [3.63, 3.8) is 0 Å². The third-order valence-electron chi connectivity index (χ3n) is 12.0. The van der Waals surface area contributed by atoms with Gasteiger partial charge in [-0.1, -0.05) is 92.3 Å². The Morgan fingerprint density at radius 3 is 2.33 bits per heavy atom. The van der Waals surface area contributed by atoms with Gasteiger partial charge in [0.2, 0.25) is 6.29 Å². The number of aromatic nitrogens is 2. The van der Waals surface area contributed by atoms with E-state index in [1.165, 1.54) is 92.8 Å². The first-order chi connectivity index (χ1) is 25.5. The number of nitrogens with zero attached hydrogens (tertiary/aromatic N) is 3. The lowest BCUT2D eigenvalue weighted by atomic mass is 9.82. The number of allylic oxidation sites excluding steroid dienone is 1. The summed E-state index contributed by atoms with van der Waals surface area (Å²) in [5.74, 6) is 0. The molecular formula is C47H34N4S. The molecule has 0 spiro atoms. The minimum atomic E-state index is -0.271.